The van der Waals surface area contributed by atoms with Crippen LogP contribution < -0.4 is 4.74 Å². The highest BCUT2D eigenvalue weighted by Crippen LogP contribution is 2.38. The summed E-state index contributed by atoms with van der Waals surface area (Å²) in [6, 6.07) is 15.2. The minimum atomic E-state index is -0.383. The smallest absolute Gasteiger partial charge is 0.311 e. The number of nitrogens with zero attached hydrogens (tertiary/aromatic N) is 1. The average Bonchev–Trinajstić information content (AvgIpc) is 2.88. The van der Waals surface area contributed by atoms with Gasteiger partial charge in [0.2, 0.25) is 5.75 Å². The van der Waals surface area contributed by atoms with Crippen LogP contribution in [0, 0.1) is 10.1 Å². The molecule has 2 aromatic carbocycles. The molecule has 0 amide bonds. The van der Waals surface area contributed by atoms with Crippen molar-refractivity contribution in [2.45, 2.75) is 17.4 Å². The van der Waals surface area contributed by atoms with E-state index in [4.69, 9.17) is 4.74 Å². The van der Waals surface area contributed by atoms with Crippen molar-refractivity contribution >= 4 is 17.4 Å². The number of thioether (sulfide) groups is 1. The van der Waals surface area contributed by atoms with Gasteiger partial charge in [-0.1, -0.05) is 30.3 Å². The quantitative estimate of drug-likeness (QED) is 0.489. The van der Waals surface area contributed by atoms with Crippen molar-refractivity contribution in [1.82, 2.24) is 0 Å². The Kier molecular flexibility index (Phi) is 3.60. The number of hydrogen-bond donors (Lipinski definition) is 0. The summed E-state index contributed by atoms with van der Waals surface area (Å²) in [6.07, 6.45) is 0.730. The van der Waals surface area contributed by atoms with Crippen molar-refractivity contribution in [3.63, 3.8) is 0 Å². The van der Waals surface area contributed by atoms with Crippen LogP contribution in [0.4, 0.5) is 5.69 Å². The van der Waals surface area contributed by atoms with Crippen molar-refractivity contribution in [2.24, 2.45) is 0 Å². The fourth-order valence-corrected chi connectivity index (χ4v) is 3.18. The van der Waals surface area contributed by atoms with E-state index >= 15 is 0 Å². The van der Waals surface area contributed by atoms with Crippen molar-refractivity contribution in [1.29, 1.82) is 0 Å². The highest BCUT2D eigenvalue weighted by Gasteiger charge is 2.29. The van der Waals surface area contributed by atoms with Crippen LogP contribution in [0.25, 0.3) is 0 Å². The molecule has 2 aromatic rings. The number of para-hydroxylation sites is 1. The van der Waals surface area contributed by atoms with Gasteiger partial charge in [-0.3, -0.25) is 10.1 Å². The van der Waals surface area contributed by atoms with Crippen LogP contribution in [-0.2, 0) is 6.42 Å². The molecule has 1 aliphatic heterocycles. The highest BCUT2D eigenvalue weighted by molar-refractivity contribution is 7.99. The van der Waals surface area contributed by atoms with Gasteiger partial charge in [-0.15, -0.1) is 11.8 Å². The Hall–Kier alpha value is -2.01. The molecule has 0 aliphatic carbocycles. The highest BCUT2D eigenvalue weighted by atomic mass is 32.2. The third-order valence-electron chi connectivity index (χ3n) is 3.18. The van der Waals surface area contributed by atoms with Crippen molar-refractivity contribution in [2.75, 3.05) is 5.75 Å². The fourth-order valence-electron chi connectivity index (χ4n) is 2.26. The first-order valence-electron chi connectivity index (χ1n) is 6.35. The van der Waals surface area contributed by atoms with E-state index in [-0.39, 0.29) is 16.7 Å². The standard InChI is InChI=1S/C15H13NO3S/c17-16(18)14-8-4-5-11-9-12(19-15(11)14)10-20-13-6-2-1-3-7-13/h1-8,12H,9-10H2. The van der Waals surface area contributed by atoms with E-state index in [0.717, 1.165) is 17.7 Å². The summed E-state index contributed by atoms with van der Waals surface area (Å²) in [6.45, 7) is 0. The van der Waals surface area contributed by atoms with Gasteiger partial charge in [0, 0.05) is 28.7 Å². The van der Waals surface area contributed by atoms with Crippen LogP contribution in [0.1, 0.15) is 5.56 Å². The number of nitro groups is 1. The summed E-state index contributed by atoms with van der Waals surface area (Å²) >= 11 is 1.71. The Morgan fingerprint density at radius 3 is 2.75 bits per heavy atom. The van der Waals surface area contributed by atoms with Gasteiger partial charge < -0.3 is 4.74 Å². The lowest BCUT2D eigenvalue weighted by atomic mass is 10.1. The van der Waals surface area contributed by atoms with E-state index in [1.807, 2.05) is 24.3 Å². The maximum atomic E-state index is 11.0. The Morgan fingerprint density at radius 1 is 1.20 bits per heavy atom. The molecule has 0 N–H and O–H groups in total. The molecule has 4 nitrogen and oxygen atoms in total. The Bertz CT molecular complexity index is 630. The summed E-state index contributed by atoms with van der Waals surface area (Å²) in [5.41, 5.74) is 0.993. The lowest BCUT2D eigenvalue weighted by Gasteiger charge is -2.09. The van der Waals surface area contributed by atoms with Crippen molar-refractivity contribution in [3.8, 4) is 5.75 Å². The lowest BCUT2D eigenvalue weighted by molar-refractivity contribution is -0.385. The van der Waals surface area contributed by atoms with E-state index in [1.165, 1.54) is 11.0 Å². The van der Waals surface area contributed by atoms with Crippen LogP contribution in [0.2, 0.25) is 0 Å². The van der Waals surface area contributed by atoms with Gasteiger partial charge in [0.15, 0.2) is 0 Å². The molecular formula is C15H13NO3S. The number of rotatable bonds is 4. The Morgan fingerprint density at radius 2 is 2.00 bits per heavy atom. The van der Waals surface area contributed by atoms with Gasteiger partial charge in [-0.2, -0.15) is 0 Å². The van der Waals surface area contributed by atoms with Gasteiger partial charge in [0.1, 0.15) is 6.10 Å². The minimum Gasteiger partial charge on any atom is -0.482 e. The van der Waals surface area contributed by atoms with Gasteiger partial charge in [0.25, 0.3) is 0 Å². The molecule has 102 valence electrons. The zero-order chi connectivity index (χ0) is 13.9. The monoisotopic (exact) mass is 287 g/mol. The summed E-state index contributed by atoms with van der Waals surface area (Å²) < 4.78 is 5.76. The number of fused-ring (bicyclic) bond motifs is 1. The second-order valence-electron chi connectivity index (χ2n) is 4.59. The minimum absolute atomic E-state index is 0.00342. The van der Waals surface area contributed by atoms with E-state index < -0.39 is 0 Å². The molecule has 1 unspecified atom stereocenters. The van der Waals surface area contributed by atoms with Gasteiger partial charge in [0.05, 0.1) is 4.92 Å². The van der Waals surface area contributed by atoms with E-state index in [0.29, 0.717) is 5.75 Å². The Labute approximate surface area is 120 Å². The molecule has 5 heteroatoms. The molecule has 0 fully saturated rings. The number of nitro benzene ring substituents is 1. The van der Waals surface area contributed by atoms with Gasteiger partial charge in [-0.25, -0.2) is 0 Å². The van der Waals surface area contributed by atoms with E-state index in [2.05, 4.69) is 12.1 Å². The molecular weight excluding hydrogens is 274 g/mol. The van der Waals surface area contributed by atoms with Crippen LogP contribution in [0.3, 0.4) is 0 Å². The molecule has 0 radical (unpaired) electrons. The predicted molar refractivity (Wildman–Crippen MR) is 78.4 cm³/mol. The first-order chi connectivity index (χ1) is 9.74. The topological polar surface area (TPSA) is 52.4 Å². The molecule has 0 aromatic heterocycles. The fraction of sp³-hybridized carbons (Fsp3) is 0.200. The first kappa shape index (κ1) is 13.0. The average molecular weight is 287 g/mol. The molecule has 0 bridgehead atoms. The maximum absolute atomic E-state index is 11.0. The molecule has 20 heavy (non-hydrogen) atoms. The number of ether oxygens (including phenoxy) is 1. The molecule has 1 atom stereocenters. The van der Waals surface area contributed by atoms with Crippen LogP contribution in [0.15, 0.2) is 53.4 Å². The van der Waals surface area contributed by atoms with Gasteiger partial charge >= 0.3 is 5.69 Å². The molecule has 0 spiro atoms. The molecule has 1 aliphatic rings. The third-order valence-corrected chi connectivity index (χ3v) is 4.33. The van der Waals surface area contributed by atoms with Gasteiger partial charge in [-0.05, 0) is 12.1 Å². The van der Waals surface area contributed by atoms with Crippen molar-refractivity contribution < 1.29 is 9.66 Å². The second-order valence-corrected chi connectivity index (χ2v) is 5.68. The van der Waals surface area contributed by atoms with Crippen LogP contribution in [-0.4, -0.2) is 16.8 Å². The number of hydrogen-bond acceptors (Lipinski definition) is 4. The predicted octanol–water partition coefficient (Wildman–Crippen LogP) is 3.69. The molecule has 1 heterocycles. The second kappa shape index (κ2) is 5.54. The molecule has 3 rings (SSSR count). The molecule has 0 saturated carbocycles. The number of benzene rings is 2. The van der Waals surface area contributed by atoms with Crippen LogP contribution >= 0.6 is 11.8 Å². The van der Waals surface area contributed by atoms with E-state index in [1.54, 1.807) is 17.8 Å². The van der Waals surface area contributed by atoms with Crippen molar-refractivity contribution in [3.05, 3.63) is 64.2 Å². The SMILES string of the molecule is O=[N+]([O-])c1cccc2c1OC(CSc1ccccc1)C2. The molecule has 0 saturated heterocycles. The zero-order valence-corrected chi connectivity index (χ0v) is 11.5. The zero-order valence-electron chi connectivity index (χ0n) is 10.7. The first-order valence-corrected chi connectivity index (χ1v) is 7.33. The largest absolute Gasteiger partial charge is 0.482 e. The summed E-state index contributed by atoms with van der Waals surface area (Å²) in [4.78, 5) is 11.8. The summed E-state index contributed by atoms with van der Waals surface area (Å²) in [5, 5.41) is 11.0. The normalized spacial score (nSPS) is 16.5. The van der Waals surface area contributed by atoms with Crippen LogP contribution in [0.5, 0.6) is 5.75 Å². The summed E-state index contributed by atoms with van der Waals surface area (Å²) in [5.74, 6) is 1.23. The lowest BCUT2D eigenvalue weighted by Crippen LogP contribution is -2.15. The third kappa shape index (κ3) is 2.63. The summed E-state index contributed by atoms with van der Waals surface area (Å²) in [7, 11) is 0. The Balaban J connectivity index is 1.68. The van der Waals surface area contributed by atoms with E-state index in [9.17, 15) is 10.1 Å². The maximum Gasteiger partial charge on any atom is 0.311 e.